The molecule has 0 radical (unpaired) electrons. The SMILES string of the molecule is O=C(O)COCc1ccc2nsnc2c1. The predicted octanol–water partition coefficient (Wildman–Crippen LogP) is 1.29. The topological polar surface area (TPSA) is 72.3 Å². The van der Waals surface area contributed by atoms with Gasteiger partial charge in [-0.2, -0.15) is 8.75 Å². The lowest BCUT2D eigenvalue weighted by Crippen LogP contribution is -2.06. The van der Waals surface area contributed by atoms with Crippen molar-refractivity contribution in [2.45, 2.75) is 6.61 Å². The molecule has 6 heteroatoms. The van der Waals surface area contributed by atoms with Crippen molar-refractivity contribution in [1.29, 1.82) is 0 Å². The Morgan fingerprint density at radius 2 is 2.20 bits per heavy atom. The zero-order valence-electron chi connectivity index (χ0n) is 7.71. The average Bonchev–Trinajstić information content (AvgIpc) is 2.64. The van der Waals surface area contributed by atoms with Gasteiger partial charge in [-0.1, -0.05) is 6.07 Å². The Kier molecular flexibility index (Phi) is 2.89. The smallest absolute Gasteiger partial charge is 0.329 e. The van der Waals surface area contributed by atoms with Crippen LogP contribution in [0.4, 0.5) is 0 Å². The van der Waals surface area contributed by atoms with Gasteiger partial charge in [0.05, 0.1) is 18.3 Å². The van der Waals surface area contributed by atoms with Crippen molar-refractivity contribution in [2.24, 2.45) is 0 Å². The summed E-state index contributed by atoms with van der Waals surface area (Å²) in [5, 5.41) is 8.38. The molecule has 0 bridgehead atoms. The summed E-state index contributed by atoms with van der Waals surface area (Å²) < 4.78 is 13.1. The van der Waals surface area contributed by atoms with Crippen molar-refractivity contribution >= 4 is 28.7 Å². The maximum atomic E-state index is 10.2. The van der Waals surface area contributed by atoms with E-state index in [1.54, 1.807) is 0 Å². The van der Waals surface area contributed by atoms with Gasteiger partial charge in [0.25, 0.3) is 0 Å². The molecule has 0 saturated heterocycles. The number of fused-ring (bicyclic) bond motifs is 1. The molecule has 0 aliphatic heterocycles. The molecule has 78 valence electrons. The molecule has 1 aromatic carbocycles. The monoisotopic (exact) mass is 224 g/mol. The number of carboxylic acid groups (broad SMARTS) is 1. The van der Waals surface area contributed by atoms with E-state index in [0.717, 1.165) is 28.3 Å². The lowest BCUT2D eigenvalue weighted by atomic mass is 10.2. The molecule has 1 heterocycles. The van der Waals surface area contributed by atoms with Gasteiger partial charge in [-0.15, -0.1) is 0 Å². The maximum absolute atomic E-state index is 10.2. The van der Waals surface area contributed by atoms with Crippen LogP contribution in [0.2, 0.25) is 0 Å². The van der Waals surface area contributed by atoms with E-state index in [1.165, 1.54) is 0 Å². The molecule has 0 spiro atoms. The second-order valence-electron chi connectivity index (χ2n) is 2.97. The maximum Gasteiger partial charge on any atom is 0.329 e. The van der Waals surface area contributed by atoms with Gasteiger partial charge >= 0.3 is 5.97 Å². The van der Waals surface area contributed by atoms with E-state index in [4.69, 9.17) is 9.84 Å². The third kappa shape index (κ3) is 2.48. The van der Waals surface area contributed by atoms with Gasteiger partial charge in [-0.3, -0.25) is 0 Å². The number of hydrogen-bond donors (Lipinski definition) is 1. The van der Waals surface area contributed by atoms with E-state index in [1.807, 2.05) is 18.2 Å². The number of carboxylic acids is 1. The molecule has 0 atom stereocenters. The summed E-state index contributed by atoms with van der Waals surface area (Å²) in [7, 11) is 0. The van der Waals surface area contributed by atoms with Crippen LogP contribution in [-0.4, -0.2) is 26.4 Å². The van der Waals surface area contributed by atoms with Crippen LogP contribution in [0, 0.1) is 0 Å². The summed E-state index contributed by atoms with van der Waals surface area (Å²) in [6.45, 7) is -0.00683. The minimum atomic E-state index is -0.966. The third-order valence-corrected chi connectivity index (χ3v) is 2.37. The Balaban J connectivity index is 2.04. The molecule has 1 aromatic heterocycles. The molecular weight excluding hydrogens is 216 g/mol. The average molecular weight is 224 g/mol. The van der Waals surface area contributed by atoms with Gasteiger partial charge in [0, 0.05) is 0 Å². The molecule has 0 aliphatic rings. The van der Waals surface area contributed by atoms with Crippen LogP contribution in [0.1, 0.15) is 5.56 Å². The zero-order valence-corrected chi connectivity index (χ0v) is 8.53. The molecule has 5 nitrogen and oxygen atoms in total. The van der Waals surface area contributed by atoms with Crippen LogP contribution < -0.4 is 0 Å². The molecular formula is C9H8N2O3S. The first-order chi connectivity index (χ1) is 7.25. The van der Waals surface area contributed by atoms with Crippen molar-refractivity contribution in [2.75, 3.05) is 6.61 Å². The Morgan fingerprint density at radius 3 is 3.00 bits per heavy atom. The molecule has 0 fully saturated rings. The van der Waals surface area contributed by atoms with Gasteiger partial charge in [-0.05, 0) is 17.7 Å². The van der Waals surface area contributed by atoms with Crippen molar-refractivity contribution in [3.05, 3.63) is 23.8 Å². The number of benzene rings is 1. The molecule has 0 amide bonds. The van der Waals surface area contributed by atoms with Crippen molar-refractivity contribution in [3.8, 4) is 0 Å². The highest BCUT2D eigenvalue weighted by Gasteiger charge is 2.01. The molecule has 0 unspecified atom stereocenters. The van der Waals surface area contributed by atoms with Crippen LogP contribution in [-0.2, 0) is 16.1 Å². The third-order valence-electron chi connectivity index (χ3n) is 1.81. The van der Waals surface area contributed by atoms with Crippen LogP contribution in [0.5, 0.6) is 0 Å². The summed E-state index contributed by atoms with van der Waals surface area (Å²) in [5.41, 5.74) is 2.56. The van der Waals surface area contributed by atoms with E-state index in [9.17, 15) is 4.79 Å². The second-order valence-corrected chi connectivity index (χ2v) is 3.50. The molecule has 2 rings (SSSR count). The lowest BCUT2D eigenvalue weighted by Gasteiger charge is -2.00. The highest BCUT2D eigenvalue weighted by Crippen LogP contribution is 2.13. The van der Waals surface area contributed by atoms with Crippen LogP contribution >= 0.6 is 11.7 Å². The van der Waals surface area contributed by atoms with E-state index in [0.29, 0.717) is 0 Å². The van der Waals surface area contributed by atoms with Gasteiger partial charge in [0.15, 0.2) is 0 Å². The van der Waals surface area contributed by atoms with Crippen LogP contribution in [0.25, 0.3) is 11.0 Å². The summed E-state index contributed by atoms with van der Waals surface area (Å²) in [6.07, 6.45) is 0. The highest BCUT2D eigenvalue weighted by molar-refractivity contribution is 7.00. The fraction of sp³-hybridized carbons (Fsp3) is 0.222. The highest BCUT2D eigenvalue weighted by atomic mass is 32.1. The first-order valence-electron chi connectivity index (χ1n) is 4.26. The number of aromatic nitrogens is 2. The minimum Gasteiger partial charge on any atom is -0.480 e. The Morgan fingerprint density at radius 1 is 1.40 bits per heavy atom. The van der Waals surface area contributed by atoms with Gasteiger partial charge in [0.2, 0.25) is 0 Å². The summed E-state index contributed by atoms with van der Waals surface area (Å²) in [4.78, 5) is 10.2. The summed E-state index contributed by atoms with van der Waals surface area (Å²) in [6, 6.07) is 5.55. The van der Waals surface area contributed by atoms with Crippen molar-refractivity contribution in [1.82, 2.24) is 8.75 Å². The van der Waals surface area contributed by atoms with Crippen molar-refractivity contribution < 1.29 is 14.6 Å². The number of nitrogens with zero attached hydrogens (tertiary/aromatic N) is 2. The fourth-order valence-electron chi connectivity index (χ4n) is 1.17. The number of ether oxygens (including phenoxy) is 1. The number of hydrogen-bond acceptors (Lipinski definition) is 5. The van der Waals surface area contributed by atoms with Crippen molar-refractivity contribution in [3.63, 3.8) is 0 Å². The van der Waals surface area contributed by atoms with E-state index >= 15 is 0 Å². The normalized spacial score (nSPS) is 10.7. The van der Waals surface area contributed by atoms with E-state index in [2.05, 4.69) is 8.75 Å². The Bertz CT molecular complexity index is 483. The molecule has 2 aromatic rings. The Labute approximate surface area is 89.6 Å². The Hall–Kier alpha value is -1.53. The van der Waals surface area contributed by atoms with Gasteiger partial charge in [-0.25, -0.2) is 4.79 Å². The minimum absolute atomic E-state index is 0.278. The standard InChI is InChI=1S/C9H8N2O3S/c12-9(13)5-14-4-6-1-2-7-8(3-6)11-15-10-7/h1-3H,4-5H2,(H,12,13). The lowest BCUT2D eigenvalue weighted by molar-refractivity contribution is -0.142. The molecule has 15 heavy (non-hydrogen) atoms. The van der Waals surface area contributed by atoms with Crippen LogP contribution in [0.15, 0.2) is 18.2 Å². The second kappa shape index (κ2) is 4.33. The van der Waals surface area contributed by atoms with E-state index < -0.39 is 5.97 Å². The van der Waals surface area contributed by atoms with E-state index in [-0.39, 0.29) is 13.2 Å². The number of carbonyl (C=O) groups is 1. The van der Waals surface area contributed by atoms with Crippen LogP contribution in [0.3, 0.4) is 0 Å². The number of rotatable bonds is 4. The molecule has 1 N–H and O–H groups in total. The zero-order chi connectivity index (χ0) is 10.7. The summed E-state index contributed by atoms with van der Waals surface area (Å²) >= 11 is 1.16. The largest absolute Gasteiger partial charge is 0.480 e. The number of aliphatic carboxylic acids is 1. The first kappa shape index (κ1) is 10.0. The van der Waals surface area contributed by atoms with Gasteiger partial charge in [0.1, 0.15) is 17.6 Å². The van der Waals surface area contributed by atoms with Gasteiger partial charge < -0.3 is 9.84 Å². The fourth-order valence-corrected chi connectivity index (χ4v) is 1.69. The summed E-state index contributed by atoms with van der Waals surface area (Å²) in [5.74, 6) is -0.966. The predicted molar refractivity (Wildman–Crippen MR) is 54.7 cm³/mol. The first-order valence-corrected chi connectivity index (χ1v) is 4.99. The molecule has 0 saturated carbocycles. The quantitative estimate of drug-likeness (QED) is 0.847. The molecule has 0 aliphatic carbocycles.